The van der Waals surface area contributed by atoms with Crippen LogP contribution in [0.25, 0.3) is 0 Å². The lowest BCUT2D eigenvalue weighted by molar-refractivity contribution is -0.0897. The van der Waals surface area contributed by atoms with Gasteiger partial charge in [0, 0.05) is 13.2 Å². The molecule has 0 aliphatic heterocycles. The first-order valence-corrected chi connectivity index (χ1v) is 6.23. The van der Waals surface area contributed by atoms with Crippen LogP contribution in [0.5, 0.6) is 0 Å². The number of ether oxygens (including phenoxy) is 1. The highest BCUT2D eigenvalue weighted by Crippen LogP contribution is 2.41. The molecule has 1 rings (SSSR count). The summed E-state index contributed by atoms with van der Waals surface area (Å²) in [6.45, 7) is 10.6. The van der Waals surface area contributed by atoms with Gasteiger partial charge in [0.05, 0.1) is 5.60 Å². The summed E-state index contributed by atoms with van der Waals surface area (Å²) < 4.78 is 6.05. The van der Waals surface area contributed by atoms with Gasteiger partial charge >= 0.3 is 0 Å². The summed E-state index contributed by atoms with van der Waals surface area (Å²) in [7, 11) is 0. The number of rotatable bonds is 4. The molecule has 0 amide bonds. The molecule has 2 nitrogen and oxygen atoms in total. The fourth-order valence-corrected chi connectivity index (χ4v) is 2.13. The van der Waals surface area contributed by atoms with Crippen molar-refractivity contribution in [1.82, 2.24) is 0 Å². The average Bonchev–Trinajstić information content (AvgIpc) is 2.17. The van der Waals surface area contributed by atoms with Crippen molar-refractivity contribution in [2.24, 2.45) is 17.1 Å². The van der Waals surface area contributed by atoms with Crippen LogP contribution in [-0.4, -0.2) is 18.8 Å². The molecule has 0 saturated heterocycles. The Balaban J connectivity index is 2.49. The van der Waals surface area contributed by atoms with Gasteiger partial charge in [0.25, 0.3) is 0 Å². The van der Waals surface area contributed by atoms with E-state index in [4.69, 9.17) is 10.5 Å². The lowest BCUT2D eigenvalue weighted by Gasteiger charge is -2.43. The Labute approximate surface area is 94.6 Å². The molecule has 90 valence electrons. The van der Waals surface area contributed by atoms with Crippen LogP contribution in [0.4, 0.5) is 0 Å². The first kappa shape index (κ1) is 13.0. The molecule has 1 aliphatic carbocycles. The predicted octanol–water partition coefficient (Wildman–Crippen LogP) is 2.96. The molecular weight excluding hydrogens is 186 g/mol. The zero-order chi connectivity index (χ0) is 11.5. The Morgan fingerprint density at radius 2 is 1.67 bits per heavy atom. The van der Waals surface area contributed by atoms with Gasteiger partial charge < -0.3 is 10.5 Å². The van der Waals surface area contributed by atoms with Crippen LogP contribution in [0.1, 0.15) is 53.4 Å². The smallest absolute Gasteiger partial charge is 0.0804 e. The fraction of sp³-hybridized carbons (Fsp3) is 1.00. The first-order chi connectivity index (χ1) is 6.89. The molecule has 0 atom stereocenters. The summed E-state index contributed by atoms with van der Waals surface area (Å²) in [4.78, 5) is 0. The third-order valence-electron chi connectivity index (χ3n) is 3.61. The second-order valence-electron chi connectivity index (χ2n) is 6.26. The van der Waals surface area contributed by atoms with Crippen LogP contribution in [0.15, 0.2) is 0 Å². The molecule has 0 bridgehead atoms. The molecule has 0 aromatic heterocycles. The van der Waals surface area contributed by atoms with Crippen LogP contribution in [0.2, 0.25) is 0 Å². The maximum Gasteiger partial charge on any atom is 0.0804 e. The zero-order valence-electron chi connectivity index (χ0n) is 10.8. The Morgan fingerprint density at radius 3 is 2.07 bits per heavy atom. The van der Waals surface area contributed by atoms with E-state index in [1.54, 1.807) is 0 Å². The monoisotopic (exact) mass is 213 g/mol. The van der Waals surface area contributed by atoms with Gasteiger partial charge in [-0.1, -0.05) is 27.7 Å². The van der Waals surface area contributed by atoms with E-state index < -0.39 is 0 Å². The number of hydrogen-bond donors (Lipinski definition) is 1. The van der Waals surface area contributed by atoms with Gasteiger partial charge in [-0.2, -0.15) is 0 Å². The van der Waals surface area contributed by atoms with E-state index in [9.17, 15) is 0 Å². The van der Waals surface area contributed by atoms with Gasteiger partial charge in [-0.15, -0.1) is 0 Å². The lowest BCUT2D eigenvalue weighted by atomic mass is 9.71. The molecule has 0 unspecified atom stereocenters. The Bertz CT molecular complexity index is 183. The van der Waals surface area contributed by atoms with E-state index in [0.29, 0.717) is 17.9 Å². The molecule has 0 heterocycles. The lowest BCUT2D eigenvalue weighted by Crippen LogP contribution is -2.46. The van der Waals surface area contributed by atoms with Crippen molar-refractivity contribution in [3.8, 4) is 0 Å². The van der Waals surface area contributed by atoms with E-state index in [1.165, 1.54) is 12.8 Å². The quantitative estimate of drug-likeness (QED) is 0.779. The van der Waals surface area contributed by atoms with Crippen molar-refractivity contribution in [2.45, 2.75) is 59.0 Å². The van der Waals surface area contributed by atoms with E-state index >= 15 is 0 Å². The third kappa shape index (κ3) is 3.76. The van der Waals surface area contributed by atoms with Gasteiger partial charge in [-0.25, -0.2) is 0 Å². The molecule has 1 aliphatic rings. The highest BCUT2D eigenvalue weighted by atomic mass is 16.5. The van der Waals surface area contributed by atoms with Gasteiger partial charge in [-0.05, 0) is 37.0 Å². The van der Waals surface area contributed by atoms with Gasteiger partial charge in [0.15, 0.2) is 0 Å². The van der Waals surface area contributed by atoms with E-state index in [-0.39, 0.29) is 5.60 Å². The topological polar surface area (TPSA) is 35.2 Å². The molecule has 1 fully saturated rings. The van der Waals surface area contributed by atoms with Crippen LogP contribution in [0, 0.1) is 11.3 Å². The molecule has 0 spiro atoms. The van der Waals surface area contributed by atoms with Gasteiger partial charge in [-0.3, -0.25) is 0 Å². The summed E-state index contributed by atoms with van der Waals surface area (Å²) >= 11 is 0. The minimum atomic E-state index is -0.0141. The largest absolute Gasteiger partial charge is 0.373 e. The second kappa shape index (κ2) is 4.84. The predicted molar refractivity (Wildman–Crippen MR) is 64.8 cm³/mol. The van der Waals surface area contributed by atoms with Crippen molar-refractivity contribution >= 4 is 0 Å². The van der Waals surface area contributed by atoms with Gasteiger partial charge in [0.2, 0.25) is 0 Å². The molecule has 2 heteroatoms. The fourth-order valence-electron chi connectivity index (χ4n) is 2.13. The van der Waals surface area contributed by atoms with Gasteiger partial charge in [0.1, 0.15) is 0 Å². The average molecular weight is 213 g/mol. The SMILES string of the molecule is CC(C)COC1(CN)CCC(C)(C)CC1. The molecule has 1 saturated carbocycles. The van der Waals surface area contributed by atoms with Crippen LogP contribution >= 0.6 is 0 Å². The van der Waals surface area contributed by atoms with Crippen LogP contribution in [-0.2, 0) is 4.74 Å². The van der Waals surface area contributed by atoms with E-state index in [2.05, 4.69) is 27.7 Å². The summed E-state index contributed by atoms with van der Waals surface area (Å²) in [5, 5.41) is 0. The molecule has 0 aromatic carbocycles. The minimum Gasteiger partial charge on any atom is -0.373 e. The first-order valence-electron chi connectivity index (χ1n) is 6.23. The van der Waals surface area contributed by atoms with Crippen molar-refractivity contribution in [3.63, 3.8) is 0 Å². The zero-order valence-corrected chi connectivity index (χ0v) is 10.8. The molecule has 0 aromatic rings. The minimum absolute atomic E-state index is 0.0141. The van der Waals surface area contributed by atoms with Crippen LogP contribution < -0.4 is 5.73 Å². The van der Waals surface area contributed by atoms with Crippen molar-refractivity contribution < 1.29 is 4.74 Å². The highest BCUT2D eigenvalue weighted by Gasteiger charge is 2.38. The summed E-state index contributed by atoms with van der Waals surface area (Å²) in [6, 6.07) is 0. The van der Waals surface area contributed by atoms with Crippen LogP contribution in [0.3, 0.4) is 0 Å². The Morgan fingerprint density at radius 1 is 1.13 bits per heavy atom. The third-order valence-corrected chi connectivity index (χ3v) is 3.61. The maximum atomic E-state index is 6.05. The molecule has 0 radical (unpaired) electrons. The summed E-state index contributed by atoms with van der Waals surface area (Å²) in [5.41, 5.74) is 6.36. The molecular formula is C13H27NO. The maximum absolute atomic E-state index is 6.05. The highest BCUT2D eigenvalue weighted by molar-refractivity contribution is 4.91. The van der Waals surface area contributed by atoms with E-state index in [1.807, 2.05) is 0 Å². The summed E-state index contributed by atoms with van der Waals surface area (Å²) in [6.07, 6.45) is 4.73. The Kier molecular flexibility index (Phi) is 4.19. The van der Waals surface area contributed by atoms with Crippen molar-refractivity contribution in [3.05, 3.63) is 0 Å². The Hall–Kier alpha value is -0.0800. The molecule has 2 N–H and O–H groups in total. The standard InChI is InChI=1S/C13H27NO/c1-11(2)9-15-13(10-14)7-5-12(3,4)6-8-13/h11H,5-10,14H2,1-4H3. The second-order valence-corrected chi connectivity index (χ2v) is 6.26. The number of nitrogens with two attached hydrogens (primary N) is 1. The molecule has 15 heavy (non-hydrogen) atoms. The van der Waals surface area contributed by atoms with Crippen molar-refractivity contribution in [2.75, 3.05) is 13.2 Å². The number of hydrogen-bond acceptors (Lipinski definition) is 2. The van der Waals surface area contributed by atoms with E-state index in [0.717, 1.165) is 19.4 Å². The van der Waals surface area contributed by atoms with Crippen molar-refractivity contribution in [1.29, 1.82) is 0 Å². The summed E-state index contributed by atoms with van der Waals surface area (Å²) in [5.74, 6) is 0.600. The normalized spacial score (nSPS) is 24.4.